The maximum Gasteiger partial charge on any atom is 0.0628 e. The van der Waals surface area contributed by atoms with E-state index in [1.165, 1.54) is 44.9 Å². The number of nitriles is 1. The van der Waals surface area contributed by atoms with E-state index < -0.39 is 0 Å². The monoisotopic (exact) mass is 207 g/mol. The minimum absolute atomic E-state index is 0.267. The molecule has 0 aromatic rings. The van der Waals surface area contributed by atoms with Gasteiger partial charge >= 0.3 is 0 Å². The lowest BCUT2D eigenvalue weighted by Gasteiger charge is -2.22. The largest absolute Gasteiger partial charge is 0.381 e. The molecule has 0 bridgehead atoms. The number of hydrogen-bond acceptors (Lipinski definition) is 2. The van der Waals surface area contributed by atoms with Crippen LogP contribution in [-0.2, 0) is 4.74 Å². The van der Waals surface area contributed by atoms with Crippen LogP contribution in [0.4, 0.5) is 0 Å². The molecule has 2 rings (SSSR count). The Morgan fingerprint density at radius 3 is 2.53 bits per heavy atom. The molecule has 0 radical (unpaired) electrons. The second kappa shape index (κ2) is 4.99. The van der Waals surface area contributed by atoms with Crippen LogP contribution in [0.15, 0.2) is 0 Å². The molecule has 2 nitrogen and oxygen atoms in total. The Kier molecular flexibility index (Phi) is 3.64. The quantitative estimate of drug-likeness (QED) is 0.693. The molecule has 0 amide bonds. The molecule has 15 heavy (non-hydrogen) atoms. The molecule has 2 aliphatic rings. The highest BCUT2D eigenvalue weighted by Crippen LogP contribution is 2.48. The van der Waals surface area contributed by atoms with Gasteiger partial charge in [0.2, 0.25) is 0 Å². The van der Waals surface area contributed by atoms with Crippen LogP contribution < -0.4 is 0 Å². The molecule has 2 heteroatoms. The van der Waals surface area contributed by atoms with Gasteiger partial charge in [-0.1, -0.05) is 19.3 Å². The Balaban J connectivity index is 1.60. The summed E-state index contributed by atoms with van der Waals surface area (Å²) >= 11 is 0. The van der Waals surface area contributed by atoms with Crippen LogP contribution in [0.1, 0.15) is 51.4 Å². The Morgan fingerprint density at radius 2 is 1.93 bits per heavy atom. The summed E-state index contributed by atoms with van der Waals surface area (Å²) in [5.74, 6) is 0.802. The zero-order valence-electron chi connectivity index (χ0n) is 9.50. The van der Waals surface area contributed by atoms with Crippen molar-refractivity contribution < 1.29 is 4.74 Å². The zero-order valence-corrected chi connectivity index (χ0v) is 9.50. The molecular formula is C13H21NO. The Morgan fingerprint density at radius 1 is 1.20 bits per heavy atom. The highest BCUT2D eigenvalue weighted by Gasteiger charge is 2.42. The molecule has 0 aliphatic heterocycles. The summed E-state index contributed by atoms with van der Waals surface area (Å²) in [5, 5.41) is 8.68. The lowest BCUT2D eigenvalue weighted by molar-refractivity contribution is 0.0543. The first-order valence-corrected chi connectivity index (χ1v) is 6.29. The molecule has 0 heterocycles. The Hall–Kier alpha value is -0.550. The van der Waals surface area contributed by atoms with E-state index in [1.807, 2.05) is 0 Å². The van der Waals surface area contributed by atoms with Crippen LogP contribution in [0.2, 0.25) is 0 Å². The lowest BCUT2D eigenvalue weighted by atomic mass is 9.90. The minimum atomic E-state index is 0.267. The third-order valence-electron chi connectivity index (χ3n) is 3.90. The number of hydrogen-bond donors (Lipinski definition) is 0. The fourth-order valence-corrected chi connectivity index (χ4v) is 2.51. The van der Waals surface area contributed by atoms with Crippen molar-refractivity contribution in [3.05, 3.63) is 0 Å². The first-order valence-electron chi connectivity index (χ1n) is 6.29. The normalized spacial score (nSPS) is 24.7. The van der Waals surface area contributed by atoms with Crippen molar-refractivity contribution in [3.63, 3.8) is 0 Å². The maximum atomic E-state index is 8.68. The Bertz CT molecular complexity index is 233. The second-order valence-electron chi connectivity index (χ2n) is 5.35. The molecule has 0 aromatic heterocycles. The van der Waals surface area contributed by atoms with Crippen LogP contribution in [0.25, 0.3) is 0 Å². The van der Waals surface area contributed by atoms with Crippen molar-refractivity contribution in [1.82, 2.24) is 0 Å². The smallest absolute Gasteiger partial charge is 0.0628 e. The molecule has 0 aromatic carbocycles. The average Bonchev–Trinajstić information content (AvgIpc) is 3.00. The average molecular weight is 207 g/mol. The number of ether oxygens (including phenoxy) is 1. The van der Waals surface area contributed by atoms with Crippen LogP contribution in [0.5, 0.6) is 0 Å². The maximum absolute atomic E-state index is 8.68. The third-order valence-corrected chi connectivity index (χ3v) is 3.90. The van der Waals surface area contributed by atoms with Gasteiger partial charge in [-0.15, -0.1) is 0 Å². The van der Waals surface area contributed by atoms with E-state index in [0.717, 1.165) is 19.1 Å². The Labute approximate surface area is 92.6 Å². The first kappa shape index (κ1) is 11.0. The highest BCUT2D eigenvalue weighted by atomic mass is 16.5. The molecule has 0 atom stereocenters. The minimum Gasteiger partial charge on any atom is -0.381 e. The summed E-state index contributed by atoms with van der Waals surface area (Å²) in [4.78, 5) is 0. The third kappa shape index (κ3) is 3.21. The predicted molar refractivity (Wildman–Crippen MR) is 59.3 cm³/mol. The van der Waals surface area contributed by atoms with Gasteiger partial charge in [0.25, 0.3) is 0 Å². The molecule has 2 aliphatic carbocycles. The van der Waals surface area contributed by atoms with E-state index in [0.29, 0.717) is 6.42 Å². The second-order valence-corrected chi connectivity index (χ2v) is 5.35. The van der Waals surface area contributed by atoms with Gasteiger partial charge in [-0.3, -0.25) is 0 Å². The van der Waals surface area contributed by atoms with Gasteiger partial charge in [0, 0.05) is 18.4 Å². The van der Waals surface area contributed by atoms with Crippen molar-refractivity contribution in [2.24, 2.45) is 11.3 Å². The van der Waals surface area contributed by atoms with Gasteiger partial charge in [0.1, 0.15) is 0 Å². The molecule has 0 spiro atoms. The van der Waals surface area contributed by atoms with E-state index in [9.17, 15) is 0 Å². The highest BCUT2D eigenvalue weighted by molar-refractivity contribution is 4.99. The molecule has 0 N–H and O–H groups in total. The van der Waals surface area contributed by atoms with Gasteiger partial charge in [-0.25, -0.2) is 0 Å². The van der Waals surface area contributed by atoms with Gasteiger partial charge in [0.05, 0.1) is 12.7 Å². The van der Waals surface area contributed by atoms with Crippen molar-refractivity contribution >= 4 is 0 Å². The van der Waals surface area contributed by atoms with E-state index in [1.54, 1.807) is 0 Å². The molecule has 2 fully saturated rings. The fourth-order valence-electron chi connectivity index (χ4n) is 2.51. The van der Waals surface area contributed by atoms with Gasteiger partial charge in [0.15, 0.2) is 0 Å². The van der Waals surface area contributed by atoms with Gasteiger partial charge in [-0.2, -0.15) is 5.26 Å². The van der Waals surface area contributed by atoms with Crippen molar-refractivity contribution in [1.29, 1.82) is 5.26 Å². The standard InChI is InChI=1S/C13H21NO/c14-9-8-13(6-7-13)11-15-10-12-4-2-1-3-5-12/h12H,1-8,10-11H2. The molecule has 0 saturated heterocycles. The number of nitrogens with zero attached hydrogens (tertiary/aromatic N) is 1. The van der Waals surface area contributed by atoms with Crippen molar-refractivity contribution in [2.75, 3.05) is 13.2 Å². The summed E-state index contributed by atoms with van der Waals surface area (Å²) in [6, 6.07) is 2.28. The summed E-state index contributed by atoms with van der Waals surface area (Å²) in [6.45, 7) is 1.77. The molecular weight excluding hydrogens is 186 g/mol. The summed E-state index contributed by atoms with van der Waals surface area (Å²) < 4.78 is 5.80. The molecule has 0 unspecified atom stereocenters. The zero-order chi connectivity index (χ0) is 10.6. The van der Waals surface area contributed by atoms with E-state index >= 15 is 0 Å². The predicted octanol–water partition coefficient (Wildman–Crippen LogP) is 3.28. The van der Waals surface area contributed by atoms with Gasteiger partial charge in [-0.05, 0) is 31.6 Å². The number of rotatable bonds is 5. The van der Waals surface area contributed by atoms with E-state index in [4.69, 9.17) is 10.00 Å². The van der Waals surface area contributed by atoms with Crippen LogP contribution >= 0.6 is 0 Å². The van der Waals surface area contributed by atoms with Gasteiger partial charge < -0.3 is 4.74 Å². The summed E-state index contributed by atoms with van der Waals surface area (Å²) in [6.07, 6.45) is 9.98. The van der Waals surface area contributed by atoms with Crippen LogP contribution in [0, 0.1) is 22.7 Å². The fraction of sp³-hybridized carbons (Fsp3) is 0.923. The summed E-state index contributed by atoms with van der Waals surface area (Å²) in [7, 11) is 0. The molecule has 84 valence electrons. The van der Waals surface area contributed by atoms with E-state index in [2.05, 4.69) is 6.07 Å². The first-order chi connectivity index (χ1) is 7.35. The SMILES string of the molecule is N#CCC1(COCC2CCCCC2)CC1. The summed E-state index contributed by atoms with van der Waals surface area (Å²) in [5.41, 5.74) is 0.267. The topological polar surface area (TPSA) is 33.0 Å². The van der Waals surface area contributed by atoms with Crippen molar-refractivity contribution in [3.8, 4) is 6.07 Å². The van der Waals surface area contributed by atoms with E-state index in [-0.39, 0.29) is 5.41 Å². The molecule has 2 saturated carbocycles. The van der Waals surface area contributed by atoms with Crippen molar-refractivity contribution in [2.45, 2.75) is 51.4 Å². The van der Waals surface area contributed by atoms with Crippen LogP contribution in [0.3, 0.4) is 0 Å². The lowest BCUT2D eigenvalue weighted by Crippen LogP contribution is -2.17. The van der Waals surface area contributed by atoms with Crippen LogP contribution in [-0.4, -0.2) is 13.2 Å².